The van der Waals surface area contributed by atoms with Gasteiger partial charge in [0, 0.05) is 15.8 Å². The molecular weight excluding hydrogens is 206 g/mol. The van der Waals surface area contributed by atoms with Crippen molar-refractivity contribution in [1.29, 1.82) is 0 Å². The number of nitrogen functional groups attached to an aromatic ring is 1. The molecule has 1 heterocycles. The molecular formula is C9H8ClNOS. The van der Waals surface area contributed by atoms with Crippen LogP contribution in [0.4, 0.5) is 5.69 Å². The first-order chi connectivity index (χ1) is 6.22. The van der Waals surface area contributed by atoms with Crippen LogP contribution >= 0.6 is 22.9 Å². The lowest BCUT2D eigenvalue weighted by Gasteiger charge is -1.98. The number of ether oxygens (including phenoxy) is 1. The van der Waals surface area contributed by atoms with Crippen LogP contribution in [-0.2, 0) is 0 Å². The van der Waals surface area contributed by atoms with E-state index in [1.165, 1.54) is 11.3 Å². The van der Waals surface area contributed by atoms with Crippen molar-refractivity contribution in [2.45, 2.75) is 0 Å². The molecule has 0 atom stereocenters. The van der Waals surface area contributed by atoms with Crippen molar-refractivity contribution >= 4 is 38.7 Å². The molecule has 1 aromatic carbocycles. The van der Waals surface area contributed by atoms with Crippen molar-refractivity contribution in [2.24, 2.45) is 0 Å². The monoisotopic (exact) mass is 213 g/mol. The number of hydrogen-bond acceptors (Lipinski definition) is 3. The second-order valence-corrected chi connectivity index (χ2v) is 4.32. The predicted octanol–water partition coefficient (Wildman–Crippen LogP) is 3.15. The second-order valence-electron chi connectivity index (χ2n) is 2.66. The Hall–Kier alpha value is -0.930. The van der Waals surface area contributed by atoms with Crippen molar-refractivity contribution in [3.8, 4) is 5.75 Å². The third-order valence-corrected chi connectivity index (χ3v) is 3.17. The van der Waals surface area contributed by atoms with E-state index in [0.717, 1.165) is 15.8 Å². The van der Waals surface area contributed by atoms with Gasteiger partial charge in [0.1, 0.15) is 4.34 Å². The number of thiophene rings is 1. The van der Waals surface area contributed by atoms with Crippen LogP contribution in [0, 0.1) is 0 Å². The van der Waals surface area contributed by atoms with Gasteiger partial charge in [-0.25, -0.2) is 0 Å². The molecule has 0 fully saturated rings. The molecule has 1 aromatic heterocycles. The fourth-order valence-electron chi connectivity index (χ4n) is 1.25. The summed E-state index contributed by atoms with van der Waals surface area (Å²) >= 11 is 7.47. The number of halogens is 1. The number of anilines is 1. The minimum atomic E-state index is 0.670. The average Bonchev–Trinajstić information content (AvgIpc) is 2.40. The highest BCUT2D eigenvalue weighted by atomic mass is 35.5. The molecule has 2 rings (SSSR count). The average molecular weight is 214 g/mol. The lowest BCUT2D eigenvalue weighted by Crippen LogP contribution is -1.84. The molecule has 0 aliphatic carbocycles. The van der Waals surface area contributed by atoms with Crippen molar-refractivity contribution < 1.29 is 4.74 Å². The number of rotatable bonds is 1. The largest absolute Gasteiger partial charge is 0.494 e. The Balaban J connectivity index is 2.80. The molecule has 0 bridgehead atoms. The highest BCUT2D eigenvalue weighted by molar-refractivity contribution is 7.23. The molecule has 0 saturated carbocycles. The summed E-state index contributed by atoms with van der Waals surface area (Å²) in [6.07, 6.45) is 0. The van der Waals surface area contributed by atoms with Crippen molar-refractivity contribution in [2.75, 3.05) is 12.8 Å². The Morgan fingerprint density at radius 1 is 1.46 bits per heavy atom. The van der Waals surface area contributed by atoms with E-state index in [4.69, 9.17) is 22.1 Å². The van der Waals surface area contributed by atoms with E-state index >= 15 is 0 Å². The zero-order chi connectivity index (χ0) is 9.42. The molecule has 0 spiro atoms. The standard InChI is InChI=1S/C9H8ClNOS/c1-12-8-6-4-5(11)2-3-7(6)13-9(8)10/h2-4H,11H2,1H3. The van der Waals surface area contributed by atoms with Crippen LogP contribution < -0.4 is 10.5 Å². The van der Waals surface area contributed by atoms with Gasteiger partial charge in [-0.1, -0.05) is 11.6 Å². The summed E-state index contributed by atoms with van der Waals surface area (Å²) in [5.41, 5.74) is 6.39. The van der Waals surface area contributed by atoms with Crippen LogP contribution in [0.5, 0.6) is 5.75 Å². The minimum Gasteiger partial charge on any atom is -0.494 e. The van der Waals surface area contributed by atoms with Gasteiger partial charge in [-0.05, 0) is 18.2 Å². The van der Waals surface area contributed by atoms with E-state index in [-0.39, 0.29) is 0 Å². The number of hydrogen-bond donors (Lipinski definition) is 1. The van der Waals surface area contributed by atoms with E-state index < -0.39 is 0 Å². The van der Waals surface area contributed by atoms with E-state index in [2.05, 4.69) is 0 Å². The molecule has 0 saturated heterocycles. The third-order valence-electron chi connectivity index (χ3n) is 1.83. The Kier molecular flexibility index (Phi) is 2.06. The number of methoxy groups -OCH3 is 1. The second kappa shape index (κ2) is 3.09. The molecule has 2 N–H and O–H groups in total. The summed E-state index contributed by atoms with van der Waals surface area (Å²) in [5.74, 6) is 0.717. The van der Waals surface area contributed by atoms with Crippen LogP contribution in [0.2, 0.25) is 4.34 Å². The molecule has 4 heteroatoms. The van der Waals surface area contributed by atoms with Gasteiger partial charge in [0.25, 0.3) is 0 Å². The third kappa shape index (κ3) is 1.34. The maximum atomic E-state index is 5.97. The van der Waals surface area contributed by atoms with Crippen LogP contribution in [0.15, 0.2) is 18.2 Å². The van der Waals surface area contributed by atoms with E-state index in [1.54, 1.807) is 7.11 Å². The Morgan fingerprint density at radius 3 is 2.92 bits per heavy atom. The Bertz CT molecular complexity index is 452. The highest BCUT2D eigenvalue weighted by Crippen LogP contribution is 2.41. The Morgan fingerprint density at radius 2 is 2.23 bits per heavy atom. The normalized spacial score (nSPS) is 10.6. The van der Waals surface area contributed by atoms with Gasteiger partial charge < -0.3 is 10.5 Å². The molecule has 68 valence electrons. The quantitative estimate of drug-likeness (QED) is 0.739. The summed E-state index contributed by atoms with van der Waals surface area (Å²) in [6.45, 7) is 0. The molecule has 0 aliphatic rings. The van der Waals surface area contributed by atoms with Crippen LogP contribution in [0.1, 0.15) is 0 Å². The minimum absolute atomic E-state index is 0.670. The highest BCUT2D eigenvalue weighted by Gasteiger charge is 2.10. The molecule has 13 heavy (non-hydrogen) atoms. The van der Waals surface area contributed by atoms with Crippen molar-refractivity contribution in [1.82, 2.24) is 0 Å². The molecule has 0 radical (unpaired) electrons. The number of nitrogens with two attached hydrogens (primary N) is 1. The first kappa shape index (κ1) is 8.66. The maximum Gasteiger partial charge on any atom is 0.156 e. The smallest absolute Gasteiger partial charge is 0.156 e. The zero-order valence-corrected chi connectivity index (χ0v) is 8.58. The van der Waals surface area contributed by atoms with Gasteiger partial charge in [0.2, 0.25) is 0 Å². The van der Waals surface area contributed by atoms with Gasteiger partial charge in [-0.3, -0.25) is 0 Å². The SMILES string of the molecule is COc1c(Cl)sc2ccc(N)cc12. The molecule has 2 nitrogen and oxygen atoms in total. The first-order valence-corrected chi connectivity index (χ1v) is 4.93. The van der Waals surface area contributed by atoms with Gasteiger partial charge in [0.15, 0.2) is 5.75 Å². The summed E-state index contributed by atoms with van der Waals surface area (Å²) in [7, 11) is 1.61. The number of benzene rings is 1. The predicted molar refractivity (Wildman–Crippen MR) is 57.8 cm³/mol. The van der Waals surface area contributed by atoms with Gasteiger partial charge in [-0.15, -0.1) is 11.3 Å². The molecule has 0 unspecified atom stereocenters. The summed E-state index contributed by atoms with van der Waals surface area (Å²) in [6, 6.07) is 5.68. The molecule has 0 aliphatic heterocycles. The van der Waals surface area contributed by atoms with E-state index in [1.807, 2.05) is 18.2 Å². The van der Waals surface area contributed by atoms with Crippen molar-refractivity contribution in [3.05, 3.63) is 22.5 Å². The lowest BCUT2D eigenvalue weighted by atomic mass is 10.2. The maximum absolute atomic E-state index is 5.97. The first-order valence-electron chi connectivity index (χ1n) is 3.74. The van der Waals surface area contributed by atoms with Crippen LogP contribution in [-0.4, -0.2) is 7.11 Å². The van der Waals surface area contributed by atoms with Gasteiger partial charge >= 0.3 is 0 Å². The van der Waals surface area contributed by atoms with Crippen LogP contribution in [0.25, 0.3) is 10.1 Å². The topological polar surface area (TPSA) is 35.2 Å². The fraction of sp³-hybridized carbons (Fsp3) is 0.111. The molecule has 2 aromatic rings. The zero-order valence-electron chi connectivity index (χ0n) is 7.00. The van der Waals surface area contributed by atoms with Gasteiger partial charge in [0.05, 0.1) is 7.11 Å². The summed E-state index contributed by atoms with van der Waals surface area (Å²) < 4.78 is 6.94. The fourth-order valence-corrected chi connectivity index (χ4v) is 2.56. The van der Waals surface area contributed by atoms with Crippen LogP contribution in [0.3, 0.4) is 0 Å². The van der Waals surface area contributed by atoms with E-state index in [9.17, 15) is 0 Å². The van der Waals surface area contributed by atoms with E-state index in [0.29, 0.717) is 10.1 Å². The summed E-state index contributed by atoms with van der Waals surface area (Å²) in [5, 5.41) is 0.984. The van der Waals surface area contributed by atoms with Gasteiger partial charge in [-0.2, -0.15) is 0 Å². The Labute approximate surface area is 84.9 Å². The van der Waals surface area contributed by atoms with Crippen molar-refractivity contribution in [3.63, 3.8) is 0 Å². The molecule has 0 amide bonds. The lowest BCUT2D eigenvalue weighted by molar-refractivity contribution is 0.421. The number of fused-ring (bicyclic) bond motifs is 1. The summed E-state index contributed by atoms with van der Waals surface area (Å²) in [4.78, 5) is 0.